The first-order valence-electron chi connectivity index (χ1n) is 5.41. The van der Waals surface area contributed by atoms with Crippen molar-refractivity contribution in [2.45, 2.75) is 11.8 Å². The maximum absolute atomic E-state index is 12.2. The van der Waals surface area contributed by atoms with Gasteiger partial charge in [0.25, 0.3) is 10.0 Å². The standard InChI is InChI=1S/C12H12N2O3S2/c1-9-5-2-3-6-10(9)19(16,17)13-11-7-4-8-12(18)14(11)15/h2-8,13,15H,1H3. The Morgan fingerprint density at radius 2 is 1.84 bits per heavy atom. The zero-order chi connectivity index (χ0) is 14.0. The summed E-state index contributed by atoms with van der Waals surface area (Å²) in [6.07, 6.45) is 0. The third-order valence-electron chi connectivity index (χ3n) is 2.55. The van der Waals surface area contributed by atoms with E-state index in [1.54, 1.807) is 31.2 Å². The van der Waals surface area contributed by atoms with Gasteiger partial charge in [0.1, 0.15) is 4.64 Å². The first-order valence-corrected chi connectivity index (χ1v) is 7.31. The number of nitrogens with zero attached hydrogens (tertiary/aromatic N) is 1. The maximum atomic E-state index is 12.2. The van der Waals surface area contributed by atoms with Crippen molar-refractivity contribution < 1.29 is 13.6 Å². The van der Waals surface area contributed by atoms with Crippen LogP contribution in [0.25, 0.3) is 0 Å². The molecule has 0 spiro atoms. The fourth-order valence-electron chi connectivity index (χ4n) is 1.61. The highest BCUT2D eigenvalue weighted by atomic mass is 32.2. The zero-order valence-corrected chi connectivity index (χ0v) is 11.7. The summed E-state index contributed by atoms with van der Waals surface area (Å²) in [7, 11) is -3.76. The number of rotatable bonds is 3. The number of sulfonamides is 1. The van der Waals surface area contributed by atoms with Gasteiger partial charge in [0.2, 0.25) is 0 Å². The lowest BCUT2D eigenvalue weighted by Gasteiger charge is -2.12. The Balaban J connectivity index is 2.46. The first kappa shape index (κ1) is 13.6. The van der Waals surface area contributed by atoms with Crippen molar-refractivity contribution >= 4 is 28.1 Å². The summed E-state index contributed by atoms with van der Waals surface area (Å²) in [5.74, 6) is -0.00393. The SMILES string of the molecule is Cc1ccccc1S(=O)(=O)Nc1cccc(=S)n1O. The zero-order valence-electron chi connectivity index (χ0n) is 10.1. The number of nitrogens with one attached hydrogen (secondary N) is 1. The maximum Gasteiger partial charge on any atom is 0.263 e. The van der Waals surface area contributed by atoms with Gasteiger partial charge in [0.15, 0.2) is 5.82 Å². The van der Waals surface area contributed by atoms with Gasteiger partial charge in [-0.2, -0.15) is 4.73 Å². The second kappa shape index (κ2) is 5.02. The number of pyridine rings is 1. The Hall–Kier alpha value is -1.86. The lowest BCUT2D eigenvalue weighted by Crippen LogP contribution is -2.17. The molecule has 100 valence electrons. The Morgan fingerprint density at radius 1 is 1.16 bits per heavy atom. The highest BCUT2D eigenvalue weighted by Crippen LogP contribution is 2.18. The van der Waals surface area contributed by atoms with E-state index in [2.05, 4.69) is 4.72 Å². The van der Waals surface area contributed by atoms with Crippen molar-refractivity contribution in [1.29, 1.82) is 0 Å². The van der Waals surface area contributed by atoms with Gasteiger partial charge in [-0.05, 0) is 30.7 Å². The number of benzene rings is 1. The molecule has 7 heteroatoms. The van der Waals surface area contributed by atoms with Crippen LogP contribution < -0.4 is 4.72 Å². The van der Waals surface area contributed by atoms with Gasteiger partial charge < -0.3 is 5.21 Å². The molecule has 2 rings (SSSR count). The van der Waals surface area contributed by atoms with E-state index in [1.165, 1.54) is 18.2 Å². The third-order valence-corrected chi connectivity index (χ3v) is 4.38. The number of anilines is 1. The Morgan fingerprint density at radius 3 is 2.53 bits per heavy atom. The number of aromatic nitrogens is 1. The molecule has 0 aliphatic rings. The molecule has 0 aliphatic carbocycles. The van der Waals surface area contributed by atoms with E-state index in [0.717, 1.165) is 0 Å². The summed E-state index contributed by atoms with van der Waals surface area (Å²) in [5.41, 5.74) is 0.619. The smallest absolute Gasteiger partial charge is 0.263 e. The van der Waals surface area contributed by atoms with E-state index >= 15 is 0 Å². The van der Waals surface area contributed by atoms with Crippen LogP contribution >= 0.6 is 12.2 Å². The van der Waals surface area contributed by atoms with Gasteiger partial charge in [0, 0.05) is 0 Å². The van der Waals surface area contributed by atoms with Gasteiger partial charge in [-0.25, -0.2) is 8.42 Å². The van der Waals surface area contributed by atoms with Crippen LogP contribution in [0.5, 0.6) is 0 Å². The van der Waals surface area contributed by atoms with Crippen LogP contribution in [0.15, 0.2) is 47.4 Å². The van der Waals surface area contributed by atoms with Gasteiger partial charge in [-0.3, -0.25) is 4.72 Å². The second-order valence-corrected chi connectivity index (χ2v) is 6.00. The van der Waals surface area contributed by atoms with Gasteiger partial charge in [-0.15, -0.1) is 0 Å². The summed E-state index contributed by atoms with van der Waals surface area (Å²) in [6, 6.07) is 11.1. The molecule has 2 aromatic rings. The average Bonchev–Trinajstić information content (AvgIpc) is 2.35. The predicted octanol–water partition coefficient (Wildman–Crippen LogP) is 2.56. The Bertz CT molecular complexity index is 767. The molecule has 5 nitrogen and oxygen atoms in total. The molecular weight excluding hydrogens is 284 g/mol. The van der Waals surface area contributed by atoms with Crippen molar-refractivity contribution in [3.8, 4) is 0 Å². The van der Waals surface area contributed by atoms with E-state index in [1.807, 2.05) is 0 Å². The summed E-state index contributed by atoms with van der Waals surface area (Å²) in [5, 5.41) is 9.66. The molecule has 1 heterocycles. The monoisotopic (exact) mass is 296 g/mol. The molecule has 0 amide bonds. The molecular formula is C12H12N2O3S2. The molecule has 0 saturated carbocycles. The lowest BCUT2D eigenvalue weighted by molar-refractivity contribution is 0.187. The minimum atomic E-state index is -3.76. The van der Waals surface area contributed by atoms with Crippen LogP contribution in [-0.2, 0) is 10.0 Å². The highest BCUT2D eigenvalue weighted by molar-refractivity contribution is 7.92. The fraction of sp³-hybridized carbons (Fsp3) is 0.0833. The Kier molecular flexibility index (Phi) is 3.59. The highest BCUT2D eigenvalue weighted by Gasteiger charge is 2.17. The minimum Gasteiger partial charge on any atom is -0.426 e. The molecule has 1 aromatic carbocycles. The molecule has 0 aliphatic heterocycles. The number of hydrogen-bond acceptors (Lipinski definition) is 4. The van der Waals surface area contributed by atoms with E-state index in [-0.39, 0.29) is 15.4 Å². The molecule has 0 saturated heterocycles. The van der Waals surface area contributed by atoms with Crippen LogP contribution in [-0.4, -0.2) is 18.4 Å². The van der Waals surface area contributed by atoms with Gasteiger partial charge >= 0.3 is 0 Å². The second-order valence-electron chi connectivity index (χ2n) is 3.93. The van der Waals surface area contributed by atoms with E-state index in [0.29, 0.717) is 10.3 Å². The third kappa shape index (κ3) is 2.77. The first-order chi connectivity index (χ1) is 8.92. The van der Waals surface area contributed by atoms with Crippen LogP contribution in [0.3, 0.4) is 0 Å². The molecule has 19 heavy (non-hydrogen) atoms. The molecule has 1 aromatic heterocycles. The normalized spacial score (nSPS) is 11.2. The lowest BCUT2D eigenvalue weighted by atomic mass is 10.2. The van der Waals surface area contributed by atoms with Crippen molar-refractivity contribution in [3.05, 3.63) is 52.7 Å². The average molecular weight is 296 g/mol. The topological polar surface area (TPSA) is 71.3 Å². The minimum absolute atomic E-state index is 0.00393. The largest absolute Gasteiger partial charge is 0.426 e. The van der Waals surface area contributed by atoms with Gasteiger partial charge in [0.05, 0.1) is 4.90 Å². The quantitative estimate of drug-likeness (QED) is 0.674. The van der Waals surface area contributed by atoms with E-state index in [4.69, 9.17) is 12.2 Å². The summed E-state index contributed by atoms with van der Waals surface area (Å²) < 4.78 is 27.5. The van der Waals surface area contributed by atoms with Crippen molar-refractivity contribution in [2.75, 3.05) is 4.72 Å². The van der Waals surface area contributed by atoms with Gasteiger partial charge in [-0.1, -0.05) is 36.5 Å². The summed E-state index contributed by atoms with van der Waals surface area (Å²) >= 11 is 4.85. The van der Waals surface area contributed by atoms with Crippen molar-refractivity contribution in [3.63, 3.8) is 0 Å². The van der Waals surface area contributed by atoms with Crippen molar-refractivity contribution in [1.82, 2.24) is 4.73 Å². The molecule has 0 radical (unpaired) electrons. The molecule has 0 unspecified atom stereocenters. The van der Waals surface area contributed by atoms with Crippen LogP contribution in [0, 0.1) is 11.6 Å². The summed E-state index contributed by atoms with van der Waals surface area (Å²) in [4.78, 5) is 0.157. The van der Waals surface area contributed by atoms with Crippen LogP contribution in [0.4, 0.5) is 5.82 Å². The molecule has 2 N–H and O–H groups in total. The predicted molar refractivity (Wildman–Crippen MR) is 74.4 cm³/mol. The Labute approximate surface area is 116 Å². The molecule has 0 atom stereocenters. The van der Waals surface area contributed by atoms with Crippen LogP contribution in [0.2, 0.25) is 0 Å². The molecule has 0 bridgehead atoms. The fourth-order valence-corrected chi connectivity index (χ4v) is 3.08. The van der Waals surface area contributed by atoms with E-state index < -0.39 is 10.0 Å². The van der Waals surface area contributed by atoms with Crippen molar-refractivity contribution in [2.24, 2.45) is 0 Å². The number of aryl methyl sites for hydroxylation is 1. The molecule has 0 fully saturated rings. The summed E-state index contributed by atoms with van der Waals surface area (Å²) in [6.45, 7) is 1.70. The number of hydrogen-bond donors (Lipinski definition) is 2. The van der Waals surface area contributed by atoms with Crippen LogP contribution in [0.1, 0.15) is 5.56 Å². The van der Waals surface area contributed by atoms with E-state index in [9.17, 15) is 13.6 Å².